The van der Waals surface area contributed by atoms with Crippen LogP contribution >= 0.6 is 0 Å². The van der Waals surface area contributed by atoms with E-state index in [1.54, 1.807) is 12.1 Å². The van der Waals surface area contributed by atoms with E-state index in [1.807, 2.05) is 11.8 Å². The number of amides is 1. The minimum atomic E-state index is -0.307. The van der Waals surface area contributed by atoms with Crippen molar-refractivity contribution in [3.8, 4) is 0 Å². The fourth-order valence-corrected chi connectivity index (χ4v) is 2.65. The summed E-state index contributed by atoms with van der Waals surface area (Å²) in [5, 5.41) is 8.19. The summed E-state index contributed by atoms with van der Waals surface area (Å²) in [6.45, 7) is 3.90. The summed E-state index contributed by atoms with van der Waals surface area (Å²) >= 11 is 0. The summed E-state index contributed by atoms with van der Waals surface area (Å²) in [6, 6.07) is 6.20. The highest BCUT2D eigenvalue weighted by atomic mass is 19.1. The molecule has 0 spiro atoms. The van der Waals surface area contributed by atoms with Crippen molar-refractivity contribution in [3.05, 3.63) is 47.3 Å². The molecule has 1 aromatic heterocycles. The molecule has 0 fully saturated rings. The average Bonchev–Trinajstić information content (AvgIpc) is 2.69. The van der Waals surface area contributed by atoms with Gasteiger partial charge in [-0.15, -0.1) is 10.2 Å². The number of aryl methyl sites for hydroxylation is 1. The summed E-state index contributed by atoms with van der Waals surface area (Å²) < 4.78 is 15.2. The van der Waals surface area contributed by atoms with Gasteiger partial charge in [0.05, 0.1) is 6.42 Å². The molecule has 1 aliphatic rings. The zero-order chi connectivity index (χ0) is 14.8. The second-order valence-electron chi connectivity index (χ2n) is 5.25. The Morgan fingerprint density at radius 2 is 2.14 bits per heavy atom. The minimum Gasteiger partial charge on any atom is -0.340 e. The SMILES string of the molecule is Cc1nnc2n1CCN(C(=O)Cc1cccc(F)c1)CC2. The Bertz CT molecular complexity index is 667. The van der Waals surface area contributed by atoms with E-state index in [1.165, 1.54) is 12.1 Å². The summed E-state index contributed by atoms with van der Waals surface area (Å²) in [5.74, 6) is 1.52. The molecule has 0 atom stereocenters. The van der Waals surface area contributed by atoms with Crippen LogP contribution in [0.3, 0.4) is 0 Å². The Kier molecular flexibility index (Phi) is 3.68. The normalized spacial score (nSPS) is 14.7. The predicted molar refractivity (Wildman–Crippen MR) is 75.1 cm³/mol. The van der Waals surface area contributed by atoms with E-state index in [2.05, 4.69) is 14.8 Å². The van der Waals surface area contributed by atoms with Gasteiger partial charge in [0, 0.05) is 26.1 Å². The van der Waals surface area contributed by atoms with Crippen LogP contribution in [-0.4, -0.2) is 38.7 Å². The number of hydrogen-bond donors (Lipinski definition) is 0. The Morgan fingerprint density at radius 3 is 2.95 bits per heavy atom. The molecule has 21 heavy (non-hydrogen) atoms. The number of nitrogens with zero attached hydrogens (tertiary/aromatic N) is 4. The topological polar surface area (TPSA) is 51.0 Å². The number of aromatic nitrogens is 3. The number of halogens is 1. The van der Waals surface area contributed by atoms with E-state index in [0.29, 0.717) is 31.6 Å². The molecule has 0 radical (unpaired) electrons. The van der Waals surface area contributed by atoms with Gasteiger partial charge in [0.15, 0.2) is 0 Å². The Morgan fingerprint density at radius 1 is 1.29 bits per heavy atom. The number of benzene rings is 1. The Balaban J connectivity index is 1.67. The van der Waals surface area contributed by atoms with Gasteiger partial charge in [-0.2, -0.15) is 0 Å². The molecule has 1 aromatic carbocycles. The molecule has 6 heteroatoms. The number of fused-ring (bicyclic) bond motifs is 1. The molecule has 0 saturated heterocycles. The fraction of sp³-hybridized carbons (Fsp3) is 0.400. The van der Waals surface area contributed by atoms with E-state index in [4.69, 9.17) is 0 Å². The molecule has 2 aromatic rings. The molecule has 2 heterocycles. The second-order valence-corrected chi connectivity index (χ2v) is 5.25. The monoisotopic (exact) mass is 288 g/mol. The first-order valence-electron chi connectivity index (χ1n) is 7.04. The van der Waals surface area contributed by atoms with Gasteiger partial charge in [0.1, 0.15) is 17.5 Å². The molecular formula is C15H17FN4O. The van der Waals surface area contributed by atoms with E-state index in [-0.39, 0.29) is 18.1 Å². The van der Waals surface area contributed by atoms with Crippen LogP contribution in [0.5, 0.6) is 0 Å². The fourth-order valence-electron chi connectivity index (χ4n) is 2.65. The largest absolute Gasteiger partial charge is 0.340 e. The Labute approximate surface area is 122 Å². The maximum atomic E-state index is 13.2. The minimum absolute atomic E-state index is 0.0250. The van der Waals surface area contributed by atoms with Crippen molar-refractivity contribution in [1.29, 1.82) is 0 Å². The molecule has 0 unspecified atom stereocenters. The van der Waals surface area contributed by atoms with E-state index in [9.17, 15) is 9.18 Å². The lowest BCUT2D eigenvalue weighted by atomic mass is 10.1. The van der Waals surface area contributed by atoms with Gasteiger partial charge in [-0.1, -0.05) is 12.1 Å². The third kappa shape index (κ3) is 2.94. The highest BCUT2D eigenvalue weighted by Gasteiger charge is 2.20. The van der Waals surface area contributed by atoms with Crippen LogP contribution in [0.25, 0.3) is 0 Å². The molecule has 3 rings (SSSR count). The van der Waals surface area contributed by atoms with Crippen molar-refractivity contribution < 1.29 is 9.18 Å². The van der Waals surface area contributed by atoms with Crippen molar-refractivity contribution in [2.75, 3.05) is 13.1 Å². The van der Waals surface area contributed by atoms with Gasteiger partial charge in [0.25, 0.3) is 0 Å². The summed E-state index contributed by atoms with van der Waals surface area (Å²) in [4.78, 5) is 14.2. The number of carbonyl (C=O) groups is 1. The summed E-state index contributed by atoms with van der Waals surface area (Å²) in [6.07, 6.45) is 0.938. The van der Waals surface area contributed by atoms with Gasteiger partial charge in [-0.3, -0.25) is 4.79 Å². The van der Waals surface area contributed by atoms with Crippen LogP contribution in [0.2, 0.25) is 0 Å². The molecule has 0 N–H and O–H groups in total. The molecule has 0 aliphatic carbocycles. The smallest absolute Gasteiger partial charge is 0.227 e. The molecule has 0 saturated carbocycles. The number of carbonyl (C=O) groups excluding carboxylic acids is 1. The molecule has 1 aliphatic heterocycles. The van der Waals surface area contributed by atoms with Crippen molar-refractivity contribution >= 4 is 5.91 Å². The van der Waals surface area contributed by atoms with Crippen molar-refractivity contribution in [1.82, 2.24) is 19.7 Å². The lowest BCUT2D eigenvalue weighted by molar-refractivity contribution is -0.130. The lowest BCUT2D eigenvalue weighted by Gasteiger charge is -2.20. The van der Waals surface area contributed by atoms with E-state index < -0.39 is 0 Å². The number of hydrogen-bond acceptors (Lipinski definition) is 3. The van der Waals surface area contributed by atoms with Crippen molar-refractivity contribution in [2.45, 2.75) is 26.3 Å². The maximum Gasteiger partial charge on any atom is 0.227 e. The quantitative estimate of drug-likeness (QED) is 0.838. The molecule has 0 bridgehead atoms. The van der Waals surface area contributed by atoms with Crippen molar-refractivity contribution in [2.24, 2.45) is 0 Å². The predicted octanol–water partition coefficient (Wildman–Crippen LogP) is 1.35. The van der Waals surface area contributed by atoms with Crippen LogP contribution < -0.4 is 0 Å². The third-order valence-electron chi connectivity index (χ3n) is 3.81. The highest BCUT2D eigenvalue weighted by molar-refractivity contribution is 5.78. The molecular weight excluding hydrogens is 271 g/mol. The van der Waals surface area contributed by atoms with Crippen LogP contribution in [0.4, 0.5) is 4.39 Å². The maximum absolute atomic E-state index is 13.2. The summed E-state index contributed by atoms with van der Waals surface area (Å²) in [5.41, 5.74) is 0.708. The highest BCUT2D eigenvalue weighted by Crippen LogP contribution is 2.11. The first-order valence-corrected chi connectivity index (χ1v) is 7.04. The average molecular weight is 288 g/mol. The Hall–Kier alpha value is -2.24. The third-order valence-corrected chi connectivity index (χ3v) is 3.81. The van der Waals surface area contributed by atoms with Crippen LogP contribution in [0.15, 0.2) is 24.3 Å². The zero-order valence-corrected chi connectivity index (χ0v) is 11.9. The van der Waals surface area contributed by atoms with Crippen LogP contribution in [0, 0.1) is 12.7 Å². The van der Waals surface area contributed by atoms with Crippen molar-refractivity contribution in [3.63, 3.8) is 0 Å². The standard InChI is InChI=1S/C15H17FN4O/c1-11-17-18-14-5-6-19(7-8-20(11)14)15(21)10-12-3-2-4-13(16)9-12/h2-4,9H,5-8,10H2,1H3. The number of rotatable bonds is 2. The first-order chi connectivity index (χ1) is 10.1. The van der Waals surface area contributed by atoms with Crippen LogP contribution in [-0.2, 0) is 24.2 Å². The zero-order valence-electron chi connectivity index (χ0n) is 11.9. The summed E-state index contributed by atoms with van der Waals surface area (Å²) in [7, 11) is 0. The second kappa shape index (κ2) is 5.63. The van der Waals surface area contributed by atoms with Crippen LogP contribution in [0.1, 0.15) is 17.2 Å². The van der Waals surface area contributed by atoms with E-state index >= 15 is 0 Å². The lowest BCUT2D eigenvalue weighted by Crippen LogP contribution is -2.34. The van der Waals surface area contributed by atoms with Gasteiger partial charge in [0.2, 0.25) is 5.91 Å². The van der Waals surface area contributed by atoms with Gasteiger partial charge < -0.3 is 9.47 Å². The van der Waals surface area contributed by atoms with Gasteiger partial charge >= 0.3 is 0 Å². The molecule has 5 nitrogen and oxygen atoms in total. The molecule has 1 amide bonds. The molecule has 110 valence electrons. The van der Waals surface area contributed by atoms with E-state index in [0.717, 1.165) is 11.6 Å². The first kappa shape index (κ1) is 13.7. The van der Waals surface area contributed by atoms with Gasteiger partial charge in [-0.05, 0) is 24.6 Å². The van der Waals surface area contributed by atoms with Gasteiger partial charge in [-0.25, -0.2) is 4.39 Å².